The summed E-state index contributed by atoms with van der Waals surface area (Å²) in [5.74, 6) is 0. The van der Waals surface area contributed by atoms with E-state index in [1.807, 2.05) is 34.8 Å². The molecule has 10 aromatic carbocycles. The zero-order valence-corrected chi connectivity index (χ0v) is 33.8. The van der Waals surface area contributed by atoms with Gasteiger partial charge in [0.25, 0.3) is 0 Å². The van der Waals surface area contributed by atoms with E-state index in [1.165, 1.54) is 51.5 Å². The molecule has 0 aliphatic heterocycles. The lowest BCUT2D eigenvalue weighted by atomic mass is 9.90. The Morgan fingerprint density at radius 3 is 1.15 bits per heavy atom. The molecule has 0 atom stereocenters. The minimum absolute atomic E-state index is 0.860. The normalized spacial score (nSPS) is 12.6. The molecule has 0 saturated carbocycles. The van der Waals surface area contributed by atoms with E-state index in [1.54, 1.807) is 0 Å². The molecule has 0 radical (unpaired) electrons. The predicted molar refractivity (Wildman–Crippen MR) is 260 cm³/mol. The summed E-state index contributed by atoms with van der Waals surface area (Å²) < 4.78 is 25.6. The van der Waals surface area contributed by atoms with E-state index in [0.29, 0.717) is 0 Å². The maximum atomic E-state index is 7.26. The number of furan rings is 3. The second-order valence-corrected chi connectivity index (χ2v) is 18.3. The van der Waals surface area contributed by atoms with Crippen molar-refractivity contribution in [1.82, 2.24) is 0 Å². The van der Waals surface area contributed by atoms with Crippen LogP contribution in [-0.2, 0) is 0 Å². The Hall–Kier alpha value is -7.44. The lowest BCUT2D eigenvalue weighted by Gasteiger charge is -2.12. The quantitative estimate of drug-likeness (QED) is 0.175. The molecule has 61 heavy (non-hydrogen) atoms. The molecule has 5 aromatic heterocycles. The van der Waals surface area contributed by atoms with Gasteiger partial charge in [-0.2, -0.15) is 0 Å². The lowest BCUT2D eigenvalue weighted by Crippen LogP contribution is -1.86. The number of para-hydroxylation sites is 2. The molecule has 15 aromatic rings. The van der Waals surface area contributed by atoms with Gasteiger partial charge < -0.3 is 13.3 Å². The van der Waals surface area contributed by atoms with Crippen molar-refractivity contribution in [2.24, 2.45) is 0 Å². The maximum absolute atomic E-state index is 7.26. The van der Waals surface area contributed by atoms with Crippen molar-refractivity contribution < 1.29 is 13.3 Å². The van der Waals surface area contributed by atoms with Crippen molar-refractivity contribution in [3.63, 3.8) is 0 Å². The van der Waals surface area contributed by atoms with Crippen LogP contribution in [0.15, 0.2) is 183 Å². The molecule has 0 amide bonds. The van der Waals surface area contributed by atoms with Gasteiger partial charge in [-0.25, -0.2) is 0 Å². The first-order chi connectivity index (χ1) is 30.2. The Morgan fingerprint density at radius 1 is 0.246 bits per heavy atom. The largest absolute Gasteiger partial charge is 0.456 e. The summed E-state index contributed by atoms with van der Waals surface area (Å²) in [5, 5.41) is 16.2. The molecule has 5 heterocycles. The molecule has 282 valence electrons. The van der Waals surface area contributed by atoms with Gasteiger partial charge in [-0.3, -0.25) is 0 Å². The van der Waals surface area contributed by atoms with Crippen LogP contribution in [0.3, 0.4) is 0 Å². The third-order valence-corrected chi connectivity index (χ3v) is 15.5. The predicted octanol–water partition coefficient (Wildman–Crippen LogP) is 17.8. The number of fused-ring (bicyclic) bond motifs is 19. The zero-order chi connectivity index (χ0) is 39.5. The van der Waals surface area contributed by atoms with Crippen LogP contribution in [0.25, 0.3) is 150 Å². The van der Waals surface area contributed by atoms with Crippen molar-refractivity contribution in [2.75, 3.05) is 0 Å². The number of hydrogen-bond donors (Lipinski definition) is 0. The highest BCUT2D eigenvalue weighted by molar-refractivity contribution is 7.26. The molecule has 0 spiro atoms. The standard InChI is InChI=1S/C56H28O3S2/c1-5-19-45-29(11-1)41-23-43-39(25-47(41)57-45)37(35-17-9-15-33-31-13-3-7-21-51(31)60-55(33)35)27-49-53(43)54-44-24-42-30-12-2-6-20-46(30)58-48(42)26-40(44)38(28-50(54)59-49)36-18-10-16-34-32-14-4-8-22-52(32)61-56(34)36/h1-28H. The molecule has 0 saturated heterocycles. The van der Waals surface area contributed by atoms with Gasteiger partial charge in [-0.15, -0.1) is 22.7 Å². The minimum Gasteiger partial charge on any atom is -0.456 e. The number of thiophene rings is 2. The van der Waals surface area contributed by atoms with E-state index in [2.05, 4.69) is 158 Å². The fraction of sp³-hybridized carbons (Fsp3) is 0. The van der Waals surface area contributed by atoms with Crippen LogP contribution in [0.1, 0.15) is 0 Å². The van der Waals surface area contributed by atoms with Gasteiger partial charge in [0.1, 0.15) is 33.5 Å². The molecular formula is C56H28O3S2. The van der Waals surface area contributed by atoms with Crippen LogP contribution < -0.4 is 0 Å². The molecule has 0 bridgehead atoms. The van der Waals surface area contributed by atoms with Crippen LogP contribution >= 0.6 is 22.7 Å². The molecule has 5 heteroatoms. The summed E-state index contributed by atoms with van der Waals surface area (Å²) in [6.07, 6.45) is 0. The van der Waals surface area contributed by atoms with Crippen molar-refractivity contribution in [1.29, 1.82) is 0 Å². The molecule has 15 rings (SSSR count). The first kappa shape index (κ1) is 32.4. The van der Waals surface area contributed by atoms with E-state index >= 15 is 0 Å². The van der Waals surface area contributed by atoms with Crippen LogP contribution in [0.5, 0.6) is 0 Å². The van der Waals surface area contributed by atoms with E-state index < -0.39 is 0 Å². The fourth-order valence-electron chi connectivity index (χ4n) is 10.4. The molecule has 0 N–H and O–H groups in total. The highest BCUT2D eigenvalue weighted by atomic mass is 32.1. The van der Waals surface area contributed by atoms with E-state index in [0.717, 1.165) is 98.5 Å². The summed E-state index contributed by atoms with van der Waals surface area (Å²) in [4.78, 5) is 0. The molecule has 0 fully saturated rings. The van der Waals surface area contributed by atoms with Crippen molar-refractivity contribution in [3.8, 4) is 22.3 Å². The smallest absolute Gasteiger partial charge is 0.136 e. The maximum Gasteiger partial charge on any atom is 0.136 e. The average molecular weight is 813 g/mol. The molecule has 0 unspecified atom stereocenters. The summed E-state index contributed by atoms with van der Waals surface area (Å²) in [7, 11) is 0. The van der Waals surface area contributed by atoms with Gasteiger partial charge in [-0.1, -0.05) is 109 Å². The highest BCUT2D eigenvalue weighted by Gasteiger charge is 2.24. The third kappa shape index (κ3) is 4.31. The van der Waals surface area contributed by atoms with E-state index in [-0.39, 0.29) is 0 Å². The second-order valence-electron chi connectivity index (χ2n) is 16.2. The average Bonchev–Trinajstić information content (AvgIpc) is 4.12. The lowest BCUT2D eigenvalue weighted by molar-refractivity contribution is 0.668. The number of benzene rings is 10. The highest BCUT2D eigenvalue weighted by Crippen LogP contribution is 2.51. The Balaban J connectivity index is 1.14. The number of hydrogen-bond acceptors (Lipinski definition) is 5. The summed E-state index contributed by atoms with van der Waals surface area (Å²) in [6.45, 7) is 0. The summed E-state index contributed by atoms with van der Waals surface area (Å²) in [5.41, 5.74) is 9.87. The van der Waals surface area contributed by atoms with Crippen LogP contribution in [0.4, 0.5) is 0 Å². The van der Waals surface area contributed by atoms with Crippen LogP contribution in [0, 0.1) is 0 Å². The van der Waals surface area contributed by atoms with E-state index in [9.17, 15) is 0 Å². The SMILES string of the molecule is c1ccc2c(c1)oc1cc3c(-c4cccc5c4sc4ccccc45)cc4oc5cc(-c6cccc7c6sc6ccccc67)c6cc7oc8ccccc8c7cc6c5c4c3cc12. The van der Waals surface area contributed by atoms with Crippen molar-refractivity contribution >= 4 is 150 Å². The monoisotopic (exact) mass is 812 g/mol. The first-order valence-corrected chi connectivity index (χ1v) is 22.2. The Kier molecular flexibility index (Phi) is 6.19. The molecule has 0 aliphatic rings. The Bertz CT molecular complexity index is 4130. The topological polar surface area (TPSA) is 39.4 Å². The van der Waals surface area contributed by atoms with E-state index in [4.69, 9.17) is 13.3 Å². The summed E-state index contributed by atoms with van der Waals surface area (Å²) in [6, 6.07) is 61.4. The third-order valence-electron chi connectivity index (χ3n) is 13.1. The van der Waals surface area contributed by atoms with Crippen LogP contribution in [0.2, 0.25) is 0 Å². The second kappa shape index (κ2) is 11.6. The van der Waals surface area contributed by atoms with Crippen molar-refractivity contribution in [2.45, 2.75) is 0 Å². The molecule has 3 nitrogen and oxygen atoms in total. The minimum atomic E-state index is 0.860. The van der Waals surface area contributed by atoms with Gasteiger partial charge in [0, 0.05) is 83.8 Å². The fourth-order valence-corrected chi connectivity index (χ4v) is 12.8. The molecular weight excluding hydrogens is 785 g/mol. The van der Waals surface area contributed by atoms with Gasteiger partial charge >= 0.3 is 0 Å². The number of rotatable bonds is 2. The Morgan fingerprint density at radius 2 is 0.656 bits per heavy atom. The van der Waals surface area contributed by atoms with Gasteiger partial charge in [0.15, 0.2) is 0 Å². The van der Waals surface area contributed by atoms with Crippen molar-refractivity contribution in [3.05, 3.63) is 170 Å². The zero-order valence-electron chi connectivity index (χ0n) is 32.2. The first-order valence-electron chi connectivity index (χ1n) is 20.6. The summed E-state index contributed by atoms with van der Waals surface area (Å²) >= 11 is 3.71. The Labute approximate surface area is 353 Å². The molecule has 0 aliphatic carbocycles. The van der Waals surface area contributed by atoms with Crippen LogP contribution in [-0.4, -0.2) is 0 Å². The van der Waals surface area contributed by atoms with Gasteiger partial charge in [0.05, 0.1) is 0 Å². The van der Waals surface area contributed by atoms with Gasteiger partial charge in [-0.05, 0) is 93.3 Å². The van der Waals surface area contributed by atoms with Gasteiger partial charge in [0.2, 0.25) is 0 Å².